The Morgan fingerprint density at radius 3 is 2.51 bits per heavy atom. The molecule has 5 rings (SSSR count). The zero-order valence-electron chi connectivity index (χ0n) is 19.6. The zero-order valence-corrected chi connectivity index (χ0v) is 19.6. The van der Waals surface area contributed by atoms with Crippen molar-refractivity contribution in [1.29, 1.82) is 0 Å². The highest BCUT2D eigenvalue weighted by molar-refractivity contribution is 5.92. The van der Waals surface area contributed by atoms with E-state index < -0.39 is 0 Å². The van der Waals surface area contributed by atoms with Crippen molar-refractivity contribution < 1.29 is 19.4 Å². The molecule has 2 N–H and O–H groups in total. The maximum absolute atomic E-state index is 12.8. The lowest BCUT2D eigenvalue weighted by Gasteiger charge is -2.45. The van der Waals surface area contributed by atoms with Crippen LogP contribution in [0.4, 0.5) is 0 Å². The highest BCUT2D eigenvalue weighted by atomic mass is 16.6. The van der Waals surface area contributed by atoms with Gasteiger partial charge in [-0.15, -0.1) is 0 Å². The predicted molar refractivity (Wildman–Crippen MR) is 132 cm³/mol. The van der Waals surface area contributed by atoms with Crippen LogP contribution in [0.2, 0.25) is 0 Å². The van der Waals surface area contributed by atoms with Crippen molar-refractivity contribution in [3.8, 4) is 11.1 Å². The standard InChI is InChI=1S/C28H31N3O4/c32-18-22-11-13-26-27(34-22)16-23(31-28(33)24-17-29-14-15-30-24)25(35-26)12-8-19-6-9-21(10-7-19)20-4-2-1-3-5-20/h1-7,9-10,14-15,17,22-23,25-27,32H,8,11-13,16,18H2,(H,31,33)/t22-,23+,25-,26+,27+/m1/s1. The van der Waals surface area contributed by atoms with Crippen LogP contribution in [0, 0.1) is 0 Å². The first kappa shape index (κ1) is 23.6. The number of benzene rings is 2. The van der Waals surface area contributed by atoms with E-state index in [4.69, 9.17) is 9.47 Å². The molecule has 2 saturated heterocycles. The summed E-state index contributed by atoms with van der Waals surface area (Å²) in [5, 5.41) is 12.7. The van der Waals surface area contributed by atoms with E-state index in [1.165, 1.54) is 29.1 Å². The van der Waals surface area contributed by atoms with Crippen molar-refractivity contribution in [3.05, 3.63) is 84.4 Å². The van der Waals surface area contributed by atoms with Crippen LogP contribution in [-0.2, 0) is 15.9 Å². The topological polar surface area (TPSA) is 93.6 Å². The fourth-order valence-corrected chi connectivity index (χ4v) is 5.04. The quantitative estimate of drug-likeness (QED) is 0.545. The van der Waals surface area contributed by atoms with Gasteiger partial charge in [-0.05, 0) is 48.8 Å². The molecule has 0 radical (unpaired) electrons. The lowest BCUT2D eigenvalue weighted by molar-refractivity contribution is -0.201. The largest absolute Gasteiger partial charge is 0.394 e. The third-order valence-corrected chi connectivity index (χ3v) is 6.93. The lowest BCUT2D eigenvalue weighted by Crippen LogP contribution is -2.57. The minimum atomic E-state index is -0.267. The van der Waals surface area contributed by atoms with Gasteiger partial charge < -0.3 is 19.9 Å². The molecule has 7 nitrogen and oxygen atoms in total. The van der Waals surface area contributed by atoms with E-state index in [1.807, 2.05) is 18.2 Å². The number of hydrogen-bond acceptors (Lipinski definition) is 6. The Bertz CT molecular complexity index is 1090. The van der Waals surface area contributed by atoms with Crippen LogP contribution >= 0.6 is 0 Å². The second-order valence-electron chi connectivity index (χ2n) is 9.28. The van der Waals surface area contributed by atoms with Gasteiger partial charge in [-0.1, -0.05) is 54.6 Å². The Hall–Kier alpha value is -3.13. The Kier molecular flexibility index (Phi) is 7.47. The number of ether oxygens (including phenoxy) is 2. The van der Waals surface area contributed by atoms with Crippen LogP contribution in [-0.4, -0.2) is 58.0 Å². The van der Waals surface area contributed by atoms with Crippen molar-refractivity contribution in [2.75, 3.05) is 6.61 Å². The van der Waals surface area contributed by atoms with Crippen molar-refractivity contribution >= 4 is 5.91 Å². The van der Waals surface area contributed by atoms with Crippen LogP contribution < -0.4 is 5.32 Å². The molecule has 182 valence electrons. The summed E-state index contributed by atoms with van der Waals surface area (Å²) < 4.78 is 12.6. The van der Waals surface area contributed by atoms with Crippen molar-refractivity contribution in [1.82, 2.24) is 15.3 Å². The molecule has 35 heavy (non-hydrogen) atoms. The number of hydrogen-bond donors (Lipinski definition) is 2. The number of carbonyl (C=O) groups excluding carboxylic acids is 1. The first-order valence-corrected chi connectivity index (χ1v) is 12.3. The van der Waals surface area contributed by atoms with Crippen LogP contribution in [0.15, 0.2) is 73.2 Å². The van der Waals surface area contributed by atoms with E-state index in [9.17, 15) is 9.90 Å². The molecule has 7 heteroatoms. The number of rotatable bonds is 7. The van der Waals surface area contributed by atoms with Crippen molar-refractivity contribution in [2.45, 2.75) is 62.6 Å². The smallest absolute Gasteiger partial charge is 0.271 e. The van der Waals surface area contributed by atoms with Gasteiger partial charge in [-0.2, -0.15) is 0 Å². The summed E-state index contributed by atoms with van der Waals surface area (Å²) in [6.07, 6.45) is 7.94. The Balaban J connectivity index is 1.27. The van der Waals surface area contributed by atoms with E-state index >= 15 is 0 Å². The van der Waals surface area contributed by atoms with Crippen molar-refractivity contribution in [3.63, 3.8) is 0 Å². The van der Waals surface area contributed by atoms with Gasteiger partial charge in [0.1, 0.15) is 5.69 Å². The van der Waals surface area contributed by atoms with Gasteiger partial charge in [-0.25, -0.2) is 4.98 Å². The molecule has 2 aromatic carbocycles. The molecule has 0 spiro atoms. The SMILES string of the molecule is O=C(N[C@H]1C[C@@H]2O[C@@H](CO)CC[C@@H]2O[C@@H]1CCc1ccc(-c2ccccc2)cc1)c1cnccn1. The Morgan fingerprint density at radius 2 is 1.77 bits per heavy atom. The van der Waals surface area contributed by atoms with Crippen LogP contribution in [0.1, 0.15) is 41.7 Å². The molecule has 1 amide bonds. The van der Waals surface area contributed by atoms with Gasteiger partial charge >= 0.3 is 0 Å². The van der Waals surface area contributed by atoms with Gasteiger partial charge in [0.05, 0.1) is 43.3 Å². The fraction of sp³-hybridized carbons (Fsp3) is 0.393. The van der Waals surface area contributed by atoms with Gasteiger partial charge in [0, 0.05) is 12.4 Å². The zero-order chi connectivity index (χ0) is 24.0. The number of aryl methyl sites for hydroxylation is 1. The summed E-state index contributed by atoms with van der Waals surface area (Å²) in [6, 6.07) is 18.7. The monoisotopic (exact) mass is 473 g/mol. The first-order valence-electron chi connectivity index (χ1n) is 12.3. The summed E-state index contributed by atoms with van der Waals surface area (Å²) in [6.45, 7) is 0.00224. The summed E-state index contributed by atoms with van der Waals surface area (Å²) >= 11 is 0. The molecule has 1 aromatic heterocycles. The molecule has 5 atom stereocenters. The fourth-order valence-electron chi connectivity index (χ4n) is 5.04. The number of fused-ring (bicyclic) bond motifs is 1. The molecule has 3 aromatic rings. The Labute approximate surface area is 205 Å². The molecule has 0 saturated carbocycles. The number of nitrogens with one attached hydrogen (secondary N) is 1. The van der Waals surface area contributed by atoms with E-state index in [1.54, 1.807) is 6.20 Å². The third-order valence-electron chi connectivity index (χ3n) is 6.93. The van der Waals surface area contributed by atoms with E-state index in [0.29, 0.717) is 6.42 Å². The minimum absolute atomic E-state index is 0.00224. The maximum atomic E-state index is 12.8. The molecular weight excluding hydrogens is 442 g/mol. The normalized spacial score (nSPS) is 26.0. The second-order valence-corrected chi connectivity index (χ2v) is 9.28. The summed E-state index contributed by atoms with van der Waals surface area (Å²) in [5.74, 6) is -0.267. The van der Waals surface area contributed by atoms with Gasteiger partial charge in [0.25, 0.3) is 5.91 Å². The molecular formula is C28H31N3O4. The molecule has 2 aliphatic heterocycles. The summed E-state index contributed by atoms with van der Waals surface area (Å²) in [5.41, 5.74) is 3.90. The van der Waals surface area contributed by atoms with Crippen molar-refractivity contribution in [2.24, 2.45) is 0 Å². The summed E-state index contributed by atoms with van der Waals surface area (Å²) in [4.78, 5) is 21.0. The predicted octanol–water partition coefficient (Wildman–Crippen LogP) is 3.57. The number of aliphatic hydroxyl groups is 1. The number of nitrogens with zero attached hydrogens (tertiary/aromatic N) is 2. The molecule has 0 unspecified atom stereocenters. The highest BCUT2D eigenvalue weighted by Gasteiger charge is 2.42. The highest BCUT2D eigenvalue weighted by Crippen LogP contribution is 2.33. The van der Waals surface area contributed by atoms with Gasteiger partial charge in [-0.3, -0.25) is 9.78 Å². The second kappa shape index (κ2) is 11.1. The number of amides is 1. The van der Waals surface area contributed by atoms with Gasteiger partial charge in [0.2, 0.25) is 0 Å². The summed E-state index contributed by atoms with van der Waals surface area (Å²) in [7, 11) is 0. The third kappa shape index (κ3) is 5.75. The lowest BCUT2D eigenvalue weighted by atomic mass is 9.88. The molecule has 0 aliphatic carbocycles. The first-order chi connectivity index (χ1) is 17.2. The van der Waals surface area contributed by atoms with Gasteiger partial charge in [0.15, 0.2) is 0 Å². The minimum Gasteiger partial charge on any atom is -0.394 e. The van der Waals surface area contributed by atoms with Crippen LogP contribution in [0.25, 0.3) is 11.1 Å². The number of carbonyl (C=O) groups is 1. The average Bonchev–Trinajstić information content (AvgIpc) is 2.92. The maximum Gasteiger partial charge on any atom is 0.271 e. The number of aromatic nitrogens is 2. The molecule has 3 heterocycles. The van der Waals surface area contributed by atoms with E-state index in [2.05, 4.69) is 51.7 Å². The molecule has 2 fully saturated rings. The molecule has 0 bridgehead atoms. The molecule has 2 aliphatic rings. The van der Waals surface area contributed by atoms with E-state index in [0.717, 1.165) is 25.7 Å². The van der Waals surface area contributed by atoms with E-state index in [-0.39, 0.29) is 48.7 Å². The van der Waals surface area contributed by atoms with Crippen LogP contribution in [0.3, 0.4) is 0 Å². The number of aliphatic hydroxyl groups excluding tert-OH is 1. The average molecular weight is 474 g/mol. The van der Waals surface area contributed by atoms with Crippen LogP contribution in [0.5, 0.6) is 0 Å². The Morgan fingerprint density at radius 1 is 0.971 bits per heavy atom.